The van der Waals surface area contributed by atoms with Crippen molar-refractivity contribution < 1.29 is 14.3 Å². The van der Waals surface area contributed by atoms with Crippen LogP contribution < -0.4 is 15.6 Å². The van der Waals surface area contributed by atoms with Gasteiger partial charge in [-0.05, 0) is 66.3 Å². The standard InChI is InChI=1S/C17H17IN2O3/c1-11-6-7-15(12(2)8-11)23-10-16(21)19-20-17(22)13-4-3-5-14(18)9-13/h3-9H,10H2,1-2H3,(H,19,21)(H,20,22). The first-order chi connectivity index (χ1) is 11.0. The SMILES string of the molecule is Cc1ccc(OCC(=O)NNC(=O)c2cccc(I)c2)c(C)c1. The van der Waals surface area contributed by atoms with Crippen molar-refractivity contribution in [3.05, 3.63) is 62.7 Å². The van der Waals surface area contributed by atoms with E-state index < -0.39 is 5.91 Å². The average molecular weight is 424 g/mol. The van der Waals surface area contributed by atoms with Crippen LogP contribution in [0.1, 0.15) is 21.5 Å². The molecule has 0 radical (unpaired) electrons. The van der Waals surface area contributed by atoms with Gasteiger partial charge < -0.3 is 4.74 Å². The minimum atomic E-state index is -0.427. The molecule has 0 fully saturated rings. The quantitative estimate of drug-likeness (QED) is 0.586. The summed E-state index contributed by atoms with van der Waals surface area (Å²) in [6, 6.07) is 12.8. The minimum Gasteiger partial charge on any atom is -0.483 e. The summed E-state index contributed by atoms with van der Waals surface area (Å²) < 4.78 is 6.39. The van der Waals surface area contributed by atoms with Gasteiger partial charge in [-0.3, -0.25) is 20.4 Å². The molecule has 6 heteroatoms. The van der Waals surface area contributed by atoms with Crippen LogP contribution in [0.15, 0.2) is 42.5 Å². The van der Waals surface area contributed by atoms with Gasteiger partial charge in [0.15, 0.2) is 6.61 Å². The van der Waals surface area contributed by atoms with Crippen LogP contribution in [0.5, 0.6) is 5.75 Å². The van der Waals surface area contributed by atoms with E-state index in [0.717, 1.165) is 14.7 Å². The van der Waals surface area contributed by atoms with Crippen molar-refractivity contribution in [1.29, 1.82) is 0 Å². The largest absolute Gasteiger partial charge is 0.483 e. The smallest absolute Gasteiger partial charge is 0.276 e. The Morgan fingerprint density at radius 3 is 2.57 bits per heavy atom. The molecule has 2 N–H and O–H groups in total. The highest BCUT2D eigenvalue weighted by atomic mass is 127. The number of amides is 2. The van der Waals surface area contributed by atoms with Gasteiger partial charge in [-0.15, -0.1) is 0 Å². The summed E-state index contributed by atoms with van der Waals surface area (Å²) in [6.45, 7) is 3.74. The van der Waals surface area contributed by atoms with Crippen LogP contribution in [0.3, 0.4) is 0 Å². The number of carbonyl (C=O) groups is 2. The molecule has 0 heterocycles. The molecular formula is C17H17IN2O3. The molecule has 0 unspecified atom stereocenters. The molecule has 0 bridgehead atoms. The Labute approximate surface area is 148 Å². The van der Waals surface area contributed by atoms with Gasteiger partial charge in [0.05, 0.1) is 0 Å². The fraction of sp³-hybridized carbons (Fsp3) is 0.176. The summed E-state index contributed by atoms with van der Waals surface area (Å²) in [7, 11) is 0. The topological polar surface area (TPSA) is 67.4 Å². The van der Waals surface area contributed by atoms with E-state index in [1.807, 2.05) is 38.1 Å². The van der Waals surface area contributed by atoms with E-state index in [-0.39, 0.29) is 12.5 Å². The van der Waals surface area contributed by atoms with Gasteiger partial charge in [0.25, 0.3) is 11.8 Å². The van der Waals surface area contributed by atoms with Gasteiger partial charge in [-0.25, -0.2) is 0 Å². The number of ether oxygens (including phenoxy) is 1. The molecule has 2 rings (SSSR count). The molecule has 23 heavy (non-hydrogen) atoms. The van der Waals surface area contributed by atoms with E-state index in [2.05, 4.69) is 33.4 Å². The summed E-state index contributed by atoms with van der Waals surface area (Å²) in [5.74, 6) is -0.151. The van der Waals surface area contributed by atoms with Crippen LogP contribution in [0.25, 0.3) is 0 Å². The molecule has 2 aromatic rings. The Hall–Kier alpha value is -2.09. The van der Waals surface area contributed by atoms with Crippen molar-refractivity contribution in [2.75, 3.05) is 6.61 Å². The second kappa shape index (κ2) is 7.96. The molecule has 2 amide bonds. The lowest BCUT2D eigenvalue weighted by molar-refractivity contribution is -0.123. The van der Waals surface area contributed by atoms with Crippen LogP contribution in [-0.4, -0.2) is 18.4 Å². The van der Waals surface area contributed by atoms with Crippen LogP contribution in [0.4, 0.5) is 0 Å². The Bertz CT molecular complexity index is 732. The van der Waals surface area contributed by atoms with Gasteiger partial charge in [0, 0.05) is 9.13 Å². The van der Waals surface area contributed by atoms with Crippen molar-refractivity contribution in [3.8, 4) is 5.75 Å². The third kappa shape index (κ3) is 5.24. The van der Waals surface area contributed by atoms with Crippen LogP contribution in [-0.2, 0) is 4.79 Å². The number of hydrazine groups is 1. The number of benzene rings is 2. The first kappa shape index (κ1) is 17.3. The van der Waals surface area contributed by atoms with Gasteiger partial charge >= 0.3 is 0 Å². The molecule has 0 aliphatic heterocycles. The van der Waals surface area contributed by atoms with Crippen molar-refractivity contribution >= 4 is 34.4 Å². The van der Waals surface area contributed by atoms with Crippen LogP contribution in [0.2, 0.25) is 0 Å². The maximum atomic E-state index is 11.9. The number of halogens is 1. The molecule has 120 valence electrons. The van der Waals surface area contributed by atoms with Crippen molar-refractivity contribution in [3.63, 3.8) is 0 Å². The van der Waals surface area contributed by atoms with E-state index in [9.17, 15) is 9.59 Å². The van der Waals surface area contributed by atoms with Gasteiger partial charge in [0.1, 0.15) is 5.75 Å². The second-order valence-electron chi connectivity index (χ2n) is 5.07. The van der Waals surface area contributed by atoms with Crippen molar-refractivity contribution in [2.24, 2.45) is 0 Å². The minimum absolute atomic E-state index is 0.170. The van der Waals surface area contributed by atoms with E-state index in [1.165, 1.54) is 0 Å². The molecular weight excluding hydrogens is 407 g/mol. The first-order valence-corrected chi connectivity index (χ1v) is 8.08. The molecule has 5 nitrogen and oxygen atoms in total. The maximum absolute atomic E-state index is 11.9. The number of rotatable bonds is 4. The van der Waals surface area contributed by atoms with Crippen molar-refractivity contribution in [2.45, 2.75) is 13.8 Å². The van der Waals surface area contributed by atoms with E-state index >= 15 is 0 Å². The summed E-state index contributed by atoms with van der Waals surface area (Å²) in [4.78, 5) is 23.6. The predicted octanol–water partition coefficient (Wildman–Crippen LogP) is 2.75. The highest BCUT2D eigenvalue weighted by molar-refractivity contribution is 14.1. The average Bonchev–Trinajstić information content (AvgIpc) is 2.51. The molecule has 0 aromatic heterocycles. The zero-order chi connectivity index (χ0) is 16.8. The summed E-state index contributed by atoms with van der Waals surface area (Å²) in [5, 5.41) is 0. The predicted molar refractivity (Wildman–Crippen MR) is 96.2 cm³/mol. The molecule has 2 aromatic carbocycles. The van der Waals surface area contributed by atoms with Crippen molar-refractivity contribution in [1.82, 2.24) is 10.9 Å². The van der Waals surface area contributed by atoms with E-state index in [4.69, 9.17) is 4.74 Å². The summed E-state index contributed by atoms with van der Waals surface area (Å²) in [6.07, 6.45) is 0. The molecule has 0 saturated carbocycles. The zero-order valence-corrected chi connectivity index (χ0v) is 15.0. The zero-order valence-electron chi connectivity index (χ0n) is 12.9. The van der Waals surface area contributed by atoms with Gasteiger partial charge in [0.2, 0.25) is 0 Å². The fourth-order valence-electron chi connectivity index (χ4n) is 1.97. The first-order valence-electron chi connectivity index (χ1n) is 7.00. The molecule has 0 saturated heterocycles. The number of carbonyl (C=O) groups excluding carboxylic acids is 2. The normalized spacial score (nSPS) is 10.0. The Morgan fingerprint density at radius 1 is 1.09 bits per heavy atom. The number of aryl methyl sites for hydroxylation is 2. The number of nitrogens with one attached hydrogen (secondary N) is 2. The molecule has 0 aliphatic rings. The summed E-state index contributed by atoms with van der Waals surface area (Å²) in [5.41, 5.74) is 7.27. The van der Waals surface area contributed by atoms with Gasteiger partial charge in [-0.2, -0.15) is 0 Å². The molecule has 0 spiro atoms. The third-order valence-electron chi connectivity index (χ3n) is 3.09. The monoisotopic (exact) mass is 424 g/mol. The highest BCUT2D eigenvalue weighted by Gasteiger charge is 2.09. The lowest BCUT2D eigenvalue weighted by Crippen LogP contribution is -2.43. The second-order valence-corrected chi connectivity index (χ2v) is 6.32. The van der Waals surface area contributed by atoms with Crippen LogP contribution in [0, 0.1) is 17.4 Å². The number of hydrogen-bond donors (Lipinski definition) is 2. The molecule has 0 atom stereocenters. The third-order valence-corrected chi connectivity index (χ3v) is 3.76. The van der Waals surface area contributed by atoms with Gasteiger partial charge in [-0.1, -0.05) is 23.8 Å². The maximum Gasteiger partial charge on any atom is 0.276 e. The van der Waals surface area contributed by atoms with E-state index in [1.54, 1.807) is 18.2 Å². The Morgan fingerprint density at radius 2 is 1.87 bits per heavy atom. The highest BCUT2D eigenvalue weighted by Crippen LogP contribution is 2.18. The Kier molecular flexibility index (Phi) is 5.97. The molecule has 0 aliphatic carbocycles. The lowest BCUT2D eigenvalue weighted by Gasteiger charge is -2.11. The fourth-order valence-corrected chi connectivity index (χ4v) is 2.51. The lowest BCUT2D eigenvalue weighted by atomic mass is 10.1. The number of hydrogen-bond acceptors (Lipinski definition) is 3. The van der Waals surface area contributed by atoms with Crippen LogP contribution >= 0.6 is 22.6 Å². The summed E-state index contributed by atoms with van der Waals surface area (Å²) >= 11 is 2.12. The van der Waals surface area contributed by atoms with E-state index in [0.29, 0.717) is 11.3 Å². The Balaban J connectivity index is 1.82.